The number of pyridine rings is 1. The summed E-state index contributed by atoms with van der Waals surface area (Å²) < 4.78 is 6.26. The van der Waals surface area contributed by atoms with E-state index in [-0.39, 0.29) is 0 Å². The second kappa shape index (κ2) is 7.24. The smallest absolute Gasteiger partial charge is 0.348 e. The maximum absolute atomic E-state index is 12.3. The van der Waals surface area contributed by atoms with Crippen LogP contribution < -0.4 is 5.73 Å². The standard InChI is InChI=1S/C20H16N4O3S/c1-27-20(26)16-8-7-15(28-16)14-9-11-24(23-14)18(19(21)25)13-6-2-4-12-5-3-10-22-17(12)13/h2-11,18H,1H3,(H2,21,25). The van der Waals surface area contributed by atoms with Crippen molar-refractivity contribution in [3.63, 3.8) is 0 Å². The first-order valence-corrected chi connectivity index (χ1v) is 9.27. The zero-order chi connectivity index (χ0) is 19.7. The number of carbonyl (C=O) groups excluding carboxylic acids is 2. The van der Waals surface area contributed by atoms with Crippen LogP contribution in [0.15, 0.2) is 60.9 Å². The number of fused-ring (bicyclic) bond motifs is 1. The van der Waals surface area contributed by atoms with Crippen molar-refractivity contribution in [3.05, 3.63) is 71.4 Å². The lowest BCUT2D eigenvalue weighted by Gasteiger charge is -2.16. The second-order valence-corrected chi connectivity index (χ2v) is 7.15. The first kappa shape index (κ1) is 17.9. The molecular weight excluding hydrogens is 376 g/mol. The Bertz CT molecular complexity index is 1180. The van der Waals surface area contributed by atoms with Crippen molar-refractivity contribution in [2.75, 3.05) is 7.11 Å². The van der Waals surface area contributed by atoms with E-state index in [0.717, 1.165) is 10.3 Å². The molecule has 3 aromatic heterocycles. The summed E-state index contributed by atoms with van der Waals surface area (Å²) in [4.78, 5) is 29.6. The summed E-state index contributed by atoms with van der Waals surface area (Å²) in [6, 6.07) is 13.8. The molecule has 140 valence electrons. The van der Waals surface area contributed by atoms with Crippen molar-refractivity contribution in [2.45, 2.75) is 6.04 Å². The quantitative estimate of drug-likeness (QED) is 0.526. The number of carbonyl (C=O) groups is 2. The van der Waals surface area contributed by atoms with Crippen molar-refractivity contribution in [1.29, 1.82) is 0 Å². The first-order valence-electron chi connectivity index (χ1n) is 8.45. The Labute approximate surface area is 164 Å². The molecule has 0 aliphatic rings. The van der Waals surface area contributed by atoms with Crippen LogP contribution in [0.2, 0.25) is 0 Å². The number of nitrogens with two attached hydrogens (primary N) is 1. The van der Waals surface area contributed by atoms with Gasteiger partial charge in [-0.15, -0.1) is 11.3 Å². The van der Waals surface area contributed by atoms with Crippen molar-refractivity contribution in [1.82, 2.24) is 14.8 Å². The van der Waals surface area contributed by atoms with E-state index in [0.29, 0.717) is 21.7 Å². The third-order valence-electron chi connectivity index (χ3n) is 4.35. The lowest BCUT2D eigenvalue weighted by molar-refractivity contribution is -0.120. The number of ether oxygens (including phenoxy) is 1. The van der Waals surface area contributed by atoms with Gasteiger partial charge in [0.2, 0.25) is 5.91 Å². The number of para-hydroxylation sites is 1. The molecule has 1 unspecified atom stereocenters. The summed E-state index contributed by atoms with van der Waals surface area (Å²) in [6.07, 6.45) is 3.38. The molecule has 1 amide bonds. The zero-order valence-corrected chi connectivity index (χ0v) is 15.7. The Balaban J connectivity index is 1.75. The van der Waals surface area contributed by atoms with Crippen LogP contribution in [0, 0.1) is 0 Å². The van der Waals surface area contributed by atoms with Gasteiger partial charge in [0.1, 0.15) is 10.6 Å². The summed E-state index contributed by atoms with van der Waals surface area (Å²) in [7, 11) is 1.34. The van der Waals surface area contributed by atoms with Gasteiger partial charge in [0.05, 0.1) is 17.5 Å². The van der Waals surface area contributed by atoms with E-state index in [4.69, 9.17) is 10.5 Å². The molecule has 0 saturated carbocycles. The van der Waals surface area contributed by atoms with Crippen LogP contribution in [-0.4, -0.2) is 33.8 Å². The van der Waals surface area contributed by atoms with Crippen LogP contribution in [0.4, 0.5) is 0 Å². The fraction of sp³-hybridized carbons (Fsp3) is 0.100. The van der Waals surface area contributed by atoms with Crippen LogP contribution in [0.1, 0.15) is 21.3 Å². The number of esters is 1. The molecule has 2 N–H and O–H groups in total. The largest absolute Gasteiger partial charge is 0.465 e. The summed E-state index contributed by atoms with van der Waals surface area (Å²) in [5, 5.41) is 5.45. The van der Waals surface area contributed by atoms with Gasteiger partial charge < -0.3 is 10.5 Å². The van der Waals surface area contributed by atoms with Crippen LogP contribution in [-0.2, 0) is 9.53 Å². The molecule has 0 saturated heterocycles. The molecule has 0 aliphatic heterocycles. The van der Waals surface area contributed by atoms with E-state index in [1.807, 2.05) is 30.3 Å². The molecule has 0 radical (unpaired) electrons. The number of rotatable bonds is 5. The van der Waals surface area contributed by atoms with Crippen molar-refractivity contribution in [2.24, 2.45) is 5.73 Å². The number of hydrogen-bond donors (Lipinski definition) is 1. The van der Waals surface area contributed by atoms with Crippen molar-refractivity contribution >= 4 is 34.1 Å². The third kappa shape index (κ3) is 3.14. The molecule has 0 spiro atoms. The Hall–Kier alpha value is -3.52. The monoisotopic (exact) mass is 392 g/mol. The van der Waals surface area contributed by atoms with Crippen molar-refractivity contribution in [3.8, 4) is 10.6 Å². The van der Waals surface area contributed by atoms with Crippen LogP contribution >= 0.6 is 11.3 Å². The second-order valence-electron chi connectivity index (χ2n) is 6.06. The van der Waals surface area contributed by atoms with Gasteiger partial charge in [0.25, 0.3) is 0 Å². The maximum atomic E-state index is 12.3. The number of methoxy groups -OCH3 is 1. The van der Waals surface area contributed by atoms with Gasteiger partial charge >= 0.3 is 5.97 Å². The third-order valence-corrected chi connectivity index (χ3v) is 5.43. The lowest BCUT2D eigenvalue weighted by Crippen LogP contribution is -2.28. The molecule has 3 heterocycles. The van der Waals surface area contributed by atoms with Crippen LogP contribution in [0.5, 0.6) is 0 Å². The highest BCUT2D eigenvalue weighted by Gasteiger charge is 2.24. The van der Waals surface area contributed by atoms with Gasteiger partial charge in [-0.25, -0.2) is 4.79 Å². The Morgan fingerprint density at radius 2 is 1.96 bits per heavy atom. The van der Waals surface area contributed by atoms with Gasteiger partial charge in [0.15, 0.2) is 6.04 Å². The number of aromatic nitrogens is 3. The summed E-state index contributed by atoms with van der Waals surface area (Å²) >= 11 is 1.27. The number of amides is 1. The highest BCUT2D eigenvalue weighted by molar-refractivity contribution is 7.17. The number of benzene rings is 1. The van der Waals surface area contributed by atoms with E-state index in [2.05, 4.69) is 10.1 Å². The molecule has 0 aliphatic carbocycles. The molecule has 28 heavy (non-hydrogen) atoms. The van der Waals surface area contributed by atoms with E-state index >= 15 is 0 Å². The average Bonchev–Trinajstić information content (AvgIpc) is 3.37. The van der Waals surface area contributed by atoms with Crippen LogP contribution in [0.3, 0.4) is 0 Å². The molecule has 4 rings (SSSR count). The predicted octanol–water partition coefficient (Wildman–Crippen LogP) is 3.02. The van der Waals surface area contributed by atoms with Gasteiger partial charge in [-0.3, -0.25) is 14.5 Å². The van der Waals surface area contributed by atoms with Gasteiger partial charge in [-0.1, -0.05) is 24.3 Å². The van der Waals surface area contributed by atoms with E-state index < -0.39 is 17.9 Å². The molecular formula is C20H16N4O3S. The topological polar surface area (TPSA) is 100 Å². The summed E-state index contributed by atoms with van der Waals surface area (Å²) in [5.74, 6) is -0.929. The highest BCUT2D eigenvalue weighted by atomic mass is 32.1. The van der Waals surface area contributed by atoms with E-state index in [1.54, 1.807) is 30.6 Å². The predicted molar refractivity (Wildman–Crippen MR) is 106 cm³/mol. The molecule has 1 aromatic carbocycles. The minimum atomic E-state index is -0.799. The fourth-order valence-electron chi connectivity index (χ4n) is 3.07. The Morgan fingerprint density at radius 3 is 2.75 bits per heavy atom. The minimum absolute atomic E-state index is 0.396. The molecule has 7 nitrogen and oxygen atoms in total. The highest BCUT2D eigenvalue weighted by Crippen LogP contribution is 2.30. The molecule has 1 atom stereocenters. The van der Waals surface area contributed by atoms with Gasteiger partial charge in [0, 0.05) is 23.3 Å². The normalized spacial score (nSPS) is 12.0. The molecule has 0 bridgehead atoms. The molecule has 0 fully saturated rings. The lowest BCUT2D eigenvalue weighted by atomic mass is 10.0. The minimum Gasteiger partial charge on any atom is -0.465 e. The summed E-state index contributed by atoms with van der Waals surface area (Å²) in [5.41, 5.74) is 7.74. The van der Waals surface area contributed by atoms with E-state index in [9.17, 15) is 9.59 Å². The van der Waals surface area contributed by atoms with Gasteiger partial charge in [-0.2, -0.15) is 5.10 Å². The number of primary amides is 1. The fourth-order valence-corrected chi connectivity index (χ4v) is 3.96. The number of hydrogen-bond acceptors (Lipinski definition) is 6. The molecule has 4 aromatic rings. The van der Waals surface area contributed by atoms with E-state index in [1.165, 1.54) is 23.1 Å². The molecule has 8 heteroatoms. The number of nitrogens with zero attached hydrogens (tertiary/aromatic N) is 3. The van der Waals surface area contributed by atoms with Crippen molar-refractivity contribution < 1.29 is 14.3 Å². The van der Waals surface area contributed by atoms with Crippen LogP contribution in [0.25, 0.3) is 21.5 Å². The maximum Gasteiger partial charge on any atom is 0.348 e. The Morgan fingerprint density at radius 1 is 1.14 bits per heavy atom. The summed E-state index contributed by atoms with van der Waals surface area (Å²) in [6.45, 7) is 0. The first-order chi connectivity index (χ1) is 13.6. The van der Waals surface area contributed by atoms with Gasteiger partial charge in [-0.05, 0) is 24.3 Å². The SMILES string of the molecule is COC(=O)c1ccc(-c2ccn(C(C(N)=O)c3cccc4cccnc34)n2)s1. The number of thiophene rings is 1. The zero-order valence-electron chi connectivity index (χ0n) is 14.9. The Kier molecular flexibility index (Phi) is 4.62. The average molecular weight is 392 g/mol.